The molecule has 1 rings (SSSR count). The molecule has 0 radical (unpaired) electrons. The van der Waals surface area contributed by atoms with Crippen LogP contribution in [0.4, 0.5) is 5.69 Å². The number of rotatable bonds is 19. The number of amides is 1. The lowest BCUT2D eigenvalue weighted by Crippen LogP contribution is -2.47. The van der Waals surface area contributed by atoms with Gasteiger partial charge in [-0.2, -0.15) is 0 Å². The molecule has 0 aliphatic carbocycles. The molecule has 0 saturated heterocycles. The number of hydrogen-bond acceptors (Lipinski definition) is 7. The van der Waals surface area contributed by atoms with Crippen molar-refractivity contribution in [1.82, 2.24) is 5.32 Å². The summed E-state index contributed by atoms with van der Waals surface area (Å²) in [5.41, 5.74) is 8.15. The quantitative estimate of drug-likeness (QED) is 0.119. The Morgan fingerprint density at radius 2 is 1.92 bits per heavy atom. The zero-order valence-electron chi connectivity index (χ0n) is 23.8. The Kier molecular flexibility index (Phi) is 15.0. The zero-order chi connectivity index (χ0) is 28.0. The molecule has 8 nitrogen and oxygen atoms in total. The third-order valence-electron chi connectivity index (χ3n) is 7.10. The fourth-order valence-electron chi connectivity index (χ4n) is 4.38. The van der Waals surface area contributed by atoms with Gasteiger partial charge in [-0.25, -0.2) is 0 Å². The highest BCUT2D eigenvalue weighted by atomic mass is 16.5. The lowest BCUT2D eigenvalue weighted by atomic mass is 9.80. The normalized spacial score (nSPS) is 15.2. The van der Waals surface area contributed by atoms with Gasteiger partial charge in [-0.1, -0.05) is 59.6 Å². The average molecular weight is 521 g/mol. The highest BCUT2D eigenvalue weighted by molar-refractivity contribution is 5.86. The van der Waals surface area contributed by atoms with E-state index in [2.05, 4.69) is 17.6 Å². The van der Waals surface area contributed by atoms with Crippen molar-refractivity contribution in [3.8, 4) is 0 Å². The Hall–Kier alpha value is -2.00. The van der Waals surface area contributed by atoms with Gasteiger partial charge >= 0.3 is 0 Å². The summed E-state index contributed by atoms with van der Waals surface area (Å²) in [6.45, 7) is 14.1. The molecule has 0 heterocycles. The molecular formula is C29H52N4O4. The number of aliphatic hydroxyl groups excluding tert-OH is 2. The minimum atomic E-state index is -0.915. The molecule has 0 fully saturated rings. The van der Waals surface area contributed by atoms with Crippen LogP contribution in [0.25, 0.3) is 0 Å². The molecule has 0 bridgehead atoms. The first kappa shape index (κ1) is 33.0. The van der Waals surface area contributed by atoms with Gasteiger partial charge in [-0.3, -0.25) is 4.79 Å². The largest absolute Gasteiger partial charge is 0.390 e. The maximum Gasteiger partial charge on any atom is 0.225 e. The van der Waals surface area contributed by atoms with Crippen LogP contribution in [-0.2, 0) is 9.53 Å². The van der Waals surface area contributed by atoms with Gasteiger partial charge in [0.1, 0.15) is 0 Å². The highest BCUT2D eigenvalue weighted by Gasteiger charge is 2.31. The molecule has 37 heavy (non-hydrogen) atoms. The first-order chi connectivity index (χ1) is 17.5. The number of nitrogens with one attached hydrogen (secondary N) is 3. The third kappa shape index (κ3) is 11.1. The number of carbonyl (C=O) groups is 1. The number of carbonyl (C=O) groups excluding carboxylic acids is 1. The van der Waals surface area contributed by atoms with Crippen LogP contribution in [-0.4, -0.2) is 60.8 Å². The minimum absolute atomic E-state index is 0.0831. The van der Waals surface area contributed by atoms with E-state index in [1.807, 2.05) is 52.8 Å². The summed E-state index contributed by atoms with van der Waals surface area (Å²) in [6.07, 6.45) is 3.63. The summed E-state index contributed by atoms with van der Waals surface area (Å²) in [4.78, 5) is 12.6. The topological polar surface area (TPSA) is 141 Å². The Morgan fingerprint density at radius 3 is 2.51 bits per heavy atom. The second-order valence-electron chi connectivity index (χ2n) is 11.0. The first-order valence-corrected chi connectivity index (χ1v) is 13.8. The predicted molar refractivity (Wildman–Crippen MR) is 152 cm³/mol. The van der Waals surface area contributed by atoms with Crippen LogP contribution in [0.3, 0.4) is 0 Å². The standard InChI is InChI=1S/C29H52N4O4/c1-7-9-13-29(5,6)28(36)33-19-26(34)24(31)17-23(20(3)4)27(35)21-11-12-22(18-30)25(16-21)32-14-10-15-37-8-2/h11-12,16,18,20,23-24,26-27,30,32,34-35H,7-10,13-15,17,19,31H2,1-6H3,(H,33,36)/t23-,24-,26-,27+/m0/s1. The van der Waals surface area contributed by atoms with E-state index in [4.69, 9.17) is 15.9 Å². The van der Waals surface area contributed by atoms with Crippen molar-refractivity contribution in [2.75, 3.05) is 31.6 Å². The Bertz CT molecular complexity index is 815. The molecule has 7 N–H and O–H groups in total. The Labute approximate surface area is 224 Å². The third-order valence-corrected chi connectivity index (χ3v) is 7.10. The average Bonchev–Trinajstić information content (AvgIpc) is 2.87. The van der Waals surface area contributed by atoms with E-state index in [9.17, 15) is 15.0 Å². The number of anilines is 1. The van der Waals surface area contributed by atoms with Gasteiger partial charge in [-0.15, -0.1) is 0 Å². The lowest BCUT2D eigenvalue weighted by Gasteiger charge is -2.32. The van der Waals surface area contributed by atoms with E-state index in [1.165, 1.54) is 6.21 Å². The molecular weight excluding hydrogens is 468 g/mol. The van der Waals surface area contributed by atoms with Crippen LogP contribution in [0.1, 0.15) is 90.9 Å². The first-order valence-electron chi connectivity index (χ1n) is 13.8. The van der Waals surface area contributed by atoms with Crippen molar-refractivity contribution >= 4 is 17.8 Å². The van der Waals surface area contributed by atoms with Crippen molar-refractivity contribution in [1.29, 1.82) is 5.41 Å². The van der Waals surface area contributed by atoms with Crippen molar-refractivity contribution in [2.45, 2.75) is 91.9 Å². The molecule has 0 aliphatic rings. The van der Waals surface area contributed by atoms with Crippen LogP contribution in [0.5, 0.6) is 0 Å². The van der Waals surface area contributed by atoms with E-state index in [1.54, 1.807) is 0 Å². The van der Waals surface area contributed by atoms with Crippen LogP contribution in [0.2, 0.25) is 0 Å². The number of ether oxygens (including phenoxy) is 1. The van der Waals surface area contributed by atoms with Crippen LogP contribution < -0.4 is 16.4 Å². The second kappa shape index (κ2) is 16.8. The molecule has 0 unspecified atom stereocenters. The van der Waals surface area contributed by atoms with Crippen molar-refractivity contribution in [2.24, 2.45) is 23.0 Å². The molecule has 0 aromatic heterocycles. The maximum absolute atomic E-state index is 12.6. The fraction of sp³-hybridized carbons (Fsp3) is 0.724. The lowest BCUT2D eigenvalue weighted by molar-refractivity contribution is -0.130. The van der Waals surface area contributed by atoms with E-state index in [-0.39, 0.29) is 24.3 Å². The molecule has 4 atom stereocenters. The van der Waals surface area contributed by atoms with Crippen molar-refractivity contribution in [3.05, 3.63) is 29.3 Å². The van der Waals surface area contributed by atoms with Crippen LogP contribution in [0, 0.1) is 22.7 Å². The summed E-state index contributed by atoms with van der Waals surface area (Å²) in [6, 6.07) is 4.96. The fourth-order valence-corrected chi connectivity index (χ4v) is 4.38. The van der Waals surface area contributed by atoms with Gasteiger partial charge in [0, 0.05) is 55.2 Å². The molecule has 1 amide bonds. The molecule has 0 aliphatic heterocycles. The van der Waals surface area contributed by atoms with Gasteiger partial charge in [0.2, 0.25) is 5.91 Å². The van der Waals surface area contributed by atoms with E-state index >= 15 is 0 Å². The molecule has 212 valence electrons. The number of unbranched alkanes of at least 4 members (excludes halogenated alkanes) is 1. The smallest absolute Gasteiger partial charge is 0.225 e. The molecule has 8 heteroatoms. The maximum atomic E-state index is 12.6. The van der Waals surface area contributed by atoms with Gasteiger partial charge in [0.05, 0.1) is 12.2 Å². The van der Waals surface area contributed by atoms with Gasteiger partial charge in [-0.05, 0) is 49.7 Å². The molecule has 1 aromatic carbocycles. The second-order valence-corrected chi connectivity index (χ2v) is 11.0. The summed E-state index contributed by atoms with van der Waals surface area (Å²) in [5, 5.41) is 35.9. The molecule has 0 spiro atoms. The zero-order valence-corrected chi connectivity index (χ0v) is 23.8. The summed E-state index contributed by atoms with van der Waals surface area (Å²) >= 11 is 0. The van der Waals surface area contributed by atoms with E-state index < -0.39 is 23.7 Å². The number of benzene rings is 1. The number of hydrogen-bond donors (Lipinski definition) is 6. The van der Waals surface area contributed by atoms with Crippen LogP contribution in [0.15, 0.2) is 18.2 Å². The molecule has 0 saturated carbocycles. The van der Waals surface area contributed by atoms with Crippen molar-refractivity contribution in [3.63, 3.8) is 0 Å². The van der Waals surface area contributed by atoms with E-state index in [0.29, 0.717) is 26.2 Å². The highest BCUT2D eigenvalue weighted by Crippen LogP contribution is 2.34. The minimum Gasteiger partial charge on any atom is -0.390 e. The summed E-state index contributed by atoms with van der Waals surface area (Å²) in [5.74, 6) is -0.168. The van der Waals surface area contributed by atoms with Crippen molar-refractivity contribution < 1.29 is 19.7 Å². The monoisotopic (exact) mass is 520 g/mol. The van der Waals surface area contributed by atoms with E-state index in [0.717, 1.165) is 42.5 Å². The summed E-state index contributed by atoms with van der Waals surface area (Å²) in [7, 11) is 0. The van der Waals surface area contributed by atoms with Gasteiger partial charge in [0.15, 0.2) is 0 Å². The number of aliphatic hydroxyl groups is 2. The van der Waals surface area contributed by atoms with Gasteiger partial charge < -0.3 is 36.7 Å². The van der Waals surface area contributed by atoms with Gasteiger partial charge in [0.25, 0.3) is 0 Å². The number of nitrogens with two attached hydrogens (primary N) is 1. The SMILES string of the molecule is CCCCC(C)(C)C(=O)NC[C@H](O)[C@@H](N)C[C@@H](C(C)C)[C@H](O)c1ccc(C=N)c(NCCCOCC)c1. The summed E-state index contributed by atoms with van der Waals surface area (Å²) < 4.78 is 5.39. The van der Waals surface area contributed by atoms with Crippen LogP contribution >= 0.6 is 0 Å². The Morgan fingerprint density at radius 1 is 1.22 bits per heavy atom. The Balaban J connectivity index is 2.84. The predicted octanol–water partition coefficient (Wildman–Crippen LogP) is 4.24. The molecule has 1 aromatic rings.